The van der Waals surface area contributed by atoms with Crippen LogP contribution in [0.4, 0.5) is 5.82 Å². The van der Waals surface area contributed by atoms with Crippen LogP contribution in [0.3, 0.4) is 0 Å². The predicted molar refractivity (Wildman–Crippen MR) is 98.8 cm³/mol. The maximum absolute atomic E-state index is 12.1. The highest BCUT2D eigenvalue weighted by atomic mass is 79.9. The first-order valence-electron chi connectivity index (χ1n) is 7.37. The van der Waals surface area contributed by atoms with Gasteiger partial charge in [-0.3, -0.25) is 14.5 Å². The molecular weight excluding hydrogens is 408 g/mol. The Morgan fingerprint density at radius 3 is 2.96 bits per heavy atom. The summed E-state index contributed by atoms with van der Waals surface area (Å²) >= 11 is 4.65. The number of halogens is 1. The van der Waals surface area contributed by atoms with Gasteiger partial charge in [-0.25, -0.2) is 9.97 Å². The molecule has 8 nitrogen and oxygen atoms in total. The zero-order valence-corrected chi connectivity index (χ0v) is 16.0. The second-order valence-electron chi connectivity index (χ2n) is 5.48. The zero-order chi connectivity index (χ0) is 18.0. The summed E-state index contributed by atoms with van der Waals surface area (Å²) in [5.41, 5.74) is 0.381. The van der Waals surface area contributed by atoms with Crippen LogP contribution in [-0.2, 0) is 11.3 Å². The Kier molecular flexibility index (Phi) is 5.21. The van der Waals surface area contributed by atoms with Crippen molar-refractivity contribution in [1.82, 2.24) is 24.5 Å². The van der Waals surface area contributed by atoms with Gasteiger partial charge in [0.25, 0.3) is 5.56 Å². The molecule has 0 aliphatic carbocycles. The first-order valence-corrected chi connectivity index (χ1v) is 8.98. The molecule has 0 spiro atoms. The van der Waals surface area contributed by atoms with Crippen molar-refractivity contribution >= 4 is 44.0 Å². The highest BCUT2D eigenvalue weighted by molar-refractivity contribution is 9.10. The van der Waals surface area contributed by atoms with Crippen LogP contribution in [0.1, 0.15) is 10.7 Å². The lowest BCUT2D eigenvalue weighted by atomic mass is 10.3. The van der Waals surface area contributed by atoms with Gasteiger partial charge in [0.1, 0.15) is 10.8 Å². The number of aryl methyl sites for hydroxylation is 1. The predicted octanol–water partition coefficient (Wildman–Crippen LogP) is 1.69. The molecule has 0 radical (unpaired) electrons. The number of fused-ring (bicyclic) bond motifs is 1. The molecule has 0 unspecified atom stereocenters. The number of amides is 1. The molecule has 3 rings (SSSR count). The Labute approximate surface area is 155 Å². The summed E-state index contributed by atoms with van der Waals surface area (Å²) in [5, 5.41) is 7.60. The topological polar surface area (TPSA) is 92.5 Å². The van der Waals surface area contributed by atoms with Gasteiger partial charge in [0, 0.05) is 23.3 Å². The Balaban J connectivity index is 1.63. The second-order valence-corrected chi connectivity index (χ2v) is 7.56. The van der Waals surface area contributed by atoms with E-state index in [0.29, 0.717) is 23.0 Å². The molecule has 3 heterocycles. The number of hydrogen-bond acceptors (Lipinski definition) is 7. The van der Waals surface area contributed by atoms with E-state index in [1.165, 1.54) is 21.9 Å². The normalized spacial score (nSPS) is 11.2. The Bertz CT molecular complexity index is 968. The van der Waals surface area contributed by atoms with Crippen molar-refractivity contribution in [1.29, 1.82) is 0 Å². The average molecular weight is 423 g/mol. The van der Waals surface area contributed by atoms with Crippen molar-refractivity contribution < 1.29 is 4.79 Å². The van der Waals surface area contributed by atoms with E-state index < -0.39 is 0 Å². The summed E-state index contributed by atoms with van der Waals surface area (Å²) in [6.07, 6.45) is 1.61. The van der Waals surface area contributed by atoms with E-state index >= 15 is 0 Å². The summed E-state index contributed by atoms with van der Waals surface area (Å²) in [4.78, 5) is 35.0. The molecule has 1 amide bonds. The minimum atomic E-state index is -0.221. The molecule has 0 aliphatic rings. The van der Waals surface area contributed by atoms with Gasteiger partial charge >= 0.3 is 0 Å². The SMILES string of the molecule is Cc1nn2c(=O)cc(CN(C)CC(=O)Nc3ccc(Br)cn3)nc2s1. The minimum absolute atomic E-state index is 0.153. The van der Waals surface area contributed by atoms with Gasteiger partial charge in [-0.2, -0.15) is 9.61 Å². The largest absolute Gasteiger partial charge is 0.310 e. The van der Waals surface area contributed by atoms with Gasteiger partial charge in [0.2, 0.25) is 10.9 Å². The number of nitrogens with zero attached hydrogens (tertiary/aromatic N) is 5. The molecule has 0 atom stereocenters. The maximum Gasteiger partial charge on any atom is 0.275 e. The van der Waals surface area contributed by atoms with Crippen LogP contribution in [0.5, 0.6) is 0 Å². The average Bonchev–Trinajstić information content (AvgIpc) is 2.90. The van der Waals surface area contributed by atoms with E-state index in [-0.39, 0.29) is 18.0 Å². The van der Waals surface area contributed by atoms with Crippen molar-refractivity contribution in [2.75, 3.05) is 18.9 Å². The molecule has 3 aromatic rings. The molecule has 0 saturated carbocycles. The number of likely N-dealkylation sites (N-methyl/N-ethyl adjacent to an activating group) is 1. The van der Waals surface area contributed by atoms with E-state index in [2.05, 4.69) is 36.3 Å². The second kappa shape index (κ2) is 7.38. The van der Waals surface area contributed by atoms with Gasteiger partial charge in [-0.1, -0.05) is 11.3 Å². The Morgan fingerprint density at radius 1 is 1.44 bits per heavy atom. The standard InChI is InChI=1S/C15H15BrN6O2S/c1-9-20-22-14(24)5-11(18-15(22)25-9)7-21(2)8-13(23)19-12-4-3-10(16)6-17-12/h3-6H,7-8H2,1-2H3,(H,17,19,23). The summed E-state index contributed by atoms with van der Waals surface area (Å²) in [6.45, 7) is 2.36. The van der Waals surface area contributed by atoms with Crippen LogP contribution in [0.25, 0.3) is 4.96 Å². The molecule has 130 valence electrons. The van der Waals surface area contributed by atoms with Gasteiger partial charge in [0.15, 0.2) is 0 Å². The molecule has 0 aromatic carbocycles. The van der Waals surface area contributed by atoms with Crippen LogP contribution in [0.15, 0.2) is 33.7 Å². The minimum Gasteiger partial charge on any atom is -0.310 e. The molecule has 0 aliphatic heterocycles. The Morgan fingerprint density at radius 2 is 2.24 bits per heavy atom. The summed E-state index contributed by atoms with van der Waals surface area (Å²) < 4.78 is 2.13. The Hall–Kier alpha value is -2.17. The summed E-state index contributed by atoms with van der Waals surface area (Å²) in [7, 11) is 1.79. The van der Waals surface area contributed by atoms with Gasteiger partial charge in [-0.05, 0) is 42.0 Å². The van der Waals surface area contributed by atoms with E-state index in [4.69, 9.17) is 0 Å². The fourth-order valence-corrected chi connectivity index (χ4v) is 3.24. The lowest BCUT2D eigenvalue weighted by molar-refractivity contribution is -0.117. The lowest BCUT2D eigenvalue weighted by Gasteiger charge is -2.15. The van der Waals surface area contributed by atoms with Crippen LogP contribution in [-0.4, -0.2) is 44.0 Å². The quantitative estimate of drug-likeness (QED) is 0.672. The first kappa shape index (κ1) is 17.6. The van der Waals surface area contributed by atoms with Gasteiger partial charge in [0.05, 0.1) is 12.2 Å². The third kappa shape index (κ3) is 4.47. The fraction of sp³-hybridized carbons (Fsp3) is 0.267. The van der Waals surface area contributed by atoms with E-state index in [9.17, 15) is 9.59 Å². The molecule has 3 aromatic heterocycles. The smallest absolute Gasteiger partial charge is 0.275 e. The molecule has 1 N–H and O–H groups in total. The highest BCUT2D eigenvalue weighted by Crippen LogP contribution is 2.11. The number of carbonyl (C=O) groups excluding carboxylic acids is 1. The van der Waals surface area contributed by atoms with Crippen LogP contribution in [0.2, 0.25) is 0 Å². The maximum atomic E-state index is 12.1. The highest BCUT2D eigenvalue weighted by Gasteiger charge is 2.11. The van der Waals surface area contributed by atoms with Crippen LogP contribution < -0.4 is 10.9 Å². The number of rotatable bonds is 5. The van der Waals surface area contributed by atoms with Gasteiger partial charge in [-0.15, -0.1) is 0 Å². The van der Waals surface area contributed by atoms with Crippen molar-refractivity contribution in [2.24, 2.45) is 0 Å². The molecule has 0 fully saturated rings. The number of aromatic nitrogens is 4. The van der Waals surface area contributed by atoms with E-state index in [1.807, 2.05) is 6.92 Å². The molecule has 0 saturated heterocycles. The molecular formula is C15H15BrN6O2S. The monoisotopic (exact) mass is 422 g/mol. The van der Waals surface area contributed by atoms with Crippen LogP contribution >= 0.6 is 27.3 Å². The molecule has 10 heteroatoms. The first-order chi connectivity index (χ1) is 11.9. The van der Waals surface area contributed by atoms with Crippen molar-refractivity contribution in [3.63, 3.8) is 0 Å². The van der Waals surface area contributed by atoms with E-state index in [1.54, 1.807) is 30.3 Å². The van der Waals surface area contributed by atoms with E-state index in [0.717, 1.165) is 9.48 Å². The van der Waals surface area contributed by atoms with Gasteiger partial charge < -0.3 is 5.32 Å². The van der Waals surface area contributed by atoms with Crippen LogP contribution in [0, 0.1) is 6.92 Å². The van der Waals surface area contributed by atoms with Crippen molar-refractivity contribution in [3.05, 3.63) is 49.9 Å². The number of pyridine rings is 1. The molecule has 25 heavy (non-hydrogen) atoms. The number of hydrogen-bond donors (Lipinski definition) is 1. The number of nitrogens with one attached hydrogen (secondary N) is 1. The lowest BCUT2D eigenvalue weighted by Crippen LogP contribution is -2.31. The fourth-order valence-electron chi connectivity index (χ4n) is 2.24. The number of anilines is 1. The third-order valence-corrected chi connectivity index (χ3v) is 4.53. The molecule has 0 bridgehead atoms. The van der Waals surface area contributed by atoms with Crippen molar-refractivity contribution in [2.45, 2.75) is 13.5 Å². The zero-order valence-electron chi connectivity index (χ0n) is 13.6. The van der Waals surface area contributed by atoms with Crippen molar-refractivity contribution in [3.8, 4) is 0 Å². The summed E-state index contributed by atoms with van der Waals surface area (Å²) in [5.74, 6) is 0.295. The number of carbonyl (C=O) groups is 1. The third-order valence-electron chi connectivity index (χ3n) is 3.24. The summed E-state index contributed by atoms with van der Waals surface area (Å²) in [6, 6.07) is 4.96.